The van der Waals surface area contributed by atoms with Gasteiger partial charge in [-0.15, -0.1) is 0 Å². The number of pyridine rings is 1. The number of ether oxygens (including phenoxy) is 1. The number of piperidine rings is 1. The number of methoxy groups -OCH3 is 1. The lowest BCUT2D eigenvalue weighted by Gasteiger charge is -2.46. The third-order valence-corrected chi connectivity index (χ3v) is 5.70. The lowest BCUT2D eigenvalue weighted by atomic mass is 9.78. The molecule has 0 aromatic carbocycles. The molecule has 25 heavy (non-hydrogen) atoms. The van der Waals surface area contributed by atoms with E-state index in [0.717, 1.165) is 18.4 Å². The van der Waals surface area contributed by atoms with Crippen LogP contribution in [0, 0.1) is 5.92 Å². The van der Waals surface area contributed by atoms with Crippen LogP contribution in [0.2, 0.25) is 0 Å². The molecule has 0 spiro atoms. The van der Waals surface area contributed by atoms with Crippen molar-refractivity contribution in [3.63, 3.8) is 0 Å². The quantitative estimate of drug-likeness (QED) is 0.705. The number of hydrogen-bond donors (Lipinski definition) is 1. The highest BCUT2D eigenvalue weighted by molar-refractivity contribution is 7.88. The fraction of sp³-hybridized carbons (Fsp3) is 0.625. The first-order valence-electron chi connectivity index (χ1n) is 8.23. The summed E-state index contributed by atoms with van der Waals surface area (Å²) in [6.07, 6.45) is 1.98. The first-order chi connectivity index (χ1) is 11.8. The molecular formula is C16H23N3O5S. The van der Waals surface area contributed by atoms with Gasteiger partial charge in [-0.05, 0) is 18.4 Å². The van der Waals surface area contributed by atoms with Crippen molar-refractivity contribution in [3.8, 4) is 0 Å². The van der Waals surface area contributed by atoms with Gasteiger partial charge in [0.25, 0.3) is 5.56 Å². The number of nitrogens with one attached hydrogen (secondary N) is 1. The predicted molar refractivity (Wildman–Crippen MR) is 91.9 cm³/mol. The summed E-state index contributed by atoms with van der Waals surface area (Å²) in [6, 6.07) is 4.88. The van der Waals surface area contributed by atoms with Crippen molar-refractivity contribution in [1.29, 1.82) is 0 Å². The average molecular weight is 369 g/mol. The molecule has 8 nitrogen and oxygen atoms in total. The van der Waals surface area contributed by atoms with Crippen molar-refractivity contribution in [1.82, 2.24) is 14.2 Å². The molecule has 1 aromatic rings. The number of fused-ring (bicyclic) bond motifs is 4. The minimum atomic E-state index is -3.36. The second kappa shape index (κ2) is 6.89. The Balaban J connectivity index is 1.93. The van der Waals surface area contributed by atoms with Crippen molar-refractivity contribution in [3.05, 3.63) is 34.2 Å². The van der Waals surface area contributed by atoms with Gasteiger partial charge in [0, 0.05) is 37.3 Å². The Bertz CT molecular complexity index is 819. The Morgan fingerprint density at radius 2 is 2.12 bits per heavy atom. The Hall–Kier alpha value is -1.71. The Labute approximate surface area is 146 Å². The highest BCUT2D eigenvalue weighted by Gasteiger charge is 2.41. The summed E-state index contributed by atoms with van der Waals surface area (Å²) >= 11 is 0. The number of esters is 1. The van der Waals surface area contributed by atoms with E-state index in [1.807, 2.05) is 11.0 Å². The van der Waals surface area contributed by atoms with E-state index in [1.54, 1.807) is 10.6 Å². The fourth-order valence-corrected chi connectivity index (χ4v) is 4.49. The van der Waals surface area contributed by atoms with Crippen molar-refractivity contribution < 1.29 is 17.9 Å². The molecule has 138 valence electrons. The van der Waals surface area contributed by atoms with Crippen LogP contribution in [0.15, 0.2) is 23.0 Å². The SMILES string of the molecule is COC(=O)CN1C[C@H]2C[C@@H](C1)[C@H](CNS(C)(=O)=O)n1c2cccc1=O. The summed E-state index contributed by atoms with van der Waals surface area (Å²) < 4.78 is 32.1. The highest BCUT2D eigenvalue weighted by atomic mass is 32.2. The van der Waals surface area contributed by atoms with Crippen molar-refractivity contribution >= 4 is 16.0 Å². The molecule has 3 heterocycles. The molecule has 1 N–H and O–H groups in total. The summed E-state index contributed by atoms with van der Waals surface area (Å²) in [4.78, 5) is 26.1. The van der Waals surface area contributed by atoms with Crippen LogP contribution in [-0.2, 0) is 19.6 Å². The van der Waals surface area contributed by atoms with Gasteiger partial charge in [0.2, 0.25) is 10.0 Å². The van der Waals surface area contributed by atoms with Gasteiger partial charge in [0.05, 0.1) is 26.0 Å². The van der Waals surface area contributed by atoms with E-state index >= 15 is 0 Å². The number of aromatic nitrogens is 1. The standard InChI is InChI=1S/C16H23N3O5S/c1-24-16(21)10-18-8-11-6-12(9-18)14(7-17-25(2,22)23)19-13(11)4-3-5-15(19)20/h3-5,11-12,14,17H,6-10H2,1-2H3/t11-,12+,14+/m1/s1. The van der Waals surface area contributed by atoms with Crippen LogP contribution in [0.4, 0.5) is 0 Å². The van der Waals surface area contributed by atoms with Gasteiger partial charge in [-0.25, -0.2) is 13.1 Å². The number of likely N-dealkylation sites (tertiary alicyclic amines) is 1. The third kappa shape index (κ3) is 3.94. The van der Waals surface area contributed by atoms with Crippen LogP contribution in [0.25, 0.3) is 0 Å². The smallest absolute Gasteiger partial charge is 0.319 e. The van der Waals surface area contributed by atoms with Crippen LogP contribution >= 0.6 is 0 Å². The number of hydrogen-bond acceptors (Lipinski definition) is 6. The van der Waals surface area contributed by atoms with Crippen LogP contribution in [0.3, 0.4) is 0 Å². The largest absolute Gasteiger partial charge is 0.468 e. The third-order valence-electron chi connectivity index (χ3n) is 5.01. The van der Waals surface area contributed by atoms with Crippen molar-refractivity contribution in [2.24, 2.45) is 5.92 Å². The molecule has 9 heteroatoms. The number of sulfonamides is 1. The molecule has 1 aromatic heterocycles. The minimum Gasteiger partial charge on any atom is -0.468 e. The Morgan fingerprint density at radius 3 is 2.80 bits per heavy atom. The first kappa shape index (κ1) is 18.1. The first-order valence-corrected chi connectivity index (χ1v) is 10.1. The van der Waals surface area contributed by atoms with Gasteiger partial charge in [0.1, 0.15) is 0 Å². The lowest BCUT2D eigenvalue weighted by molar-refractivity contribution is -0.142. The Kier molecular flexibility index (Phi) is 4.99. The van der Waals surface area contributed by atoms with Gasteiger partial charge >= 0.3 is 5.97 Å². The molecule has 3 atom stereocenters. The molecule has 0 radical (unpaired) electrons. The van der Waals surface area contributed by atoms with Gasteiger partial charge in [-0.2, -0.15) is 0 Å². The number of rotatable bonds is 5. The maximum Gasteiger partial charge on any atom is 0.319 e. The molecule has 3 rings (SSSR count). The molecule has 0 amide bonds. The molecule has 1 fully saturated rings. The molecule has 2 aliphatic heterocycles. The summed E-state index contributed by atoms with van der Waals surface area (Å²) in [5, 5.41) is 0. The summed E-state index contributed by atoms with van der Waals surface area (Å²) in [5.74, 6) is -0.0618. The highest BCUT2D eigenvalue weighted by Crippen LogP contribution is 2.40. The van der Waals surface area contributed by atoms with E-state index in [-0.39, 0.29) is 42.5 Å². The zero-order chi connectivity index (χ0) is 18.2. The zero-order valence-electron chi connectivity index (χ0n) is 14.3. The maximum atomic E-state index is 12.4. The summed E-state index contributed by atoms with van der Waals surface area (Å²) in [5.41, 5.74) is 0.785. The van der Waals surface area contributed by atoms with Gasteiger partial charge in [-0.3, -0.25) is 14.5 Å². The second-order valence-corrected chi connectivity index (χ2v) is 8.64. The van der Waals surface area contributed by atoms with Crippen LogP contribution < -0.4 is 10.3 Å². The molecule has 0 saturated carbocycles. The van der Waals surface area contributed by atoms with E-state index in [1.165, 1.54) is 13.2 Å². The van der Waals surface area contributed by atoms with E-state index in [4.69, 9.17) is 4.74 Å². The summed E-state index contributed by atoms with van der Waals surface area (Å²) in [7, 11) is -1.99. The molecule has 1 saturated heterocycles. The van der Waals surface area contributed by atoms with Crippen LogP contribution in [-0.4, -0.2) is 63.4 Å². The van der Waals surface area contributed by atoms with Crippen molar-refractivity contribution in [2.45, 2.75) is 18.4 Å². The summed E-state index contributed by atoms with van der Waals surface area (Å²) in [6.45, 7) is 1.68. The monoisotopic (exact) mass is 369 g/mol. The second-order valence-electron chi connectivity index (χ2n) is 6.81. The molecular weight excluding hydrogens is 346 g/mol. The average Bonchev–Trinajstić information content (AvgIpc) is 2.54. The van der Waals surface area contributed by atoms with E-state index < -0.39 is 10.0 Å². The predicted octanol–water partition coefficient (Wildman–Crippen LogP) is -0.469. The topological polar surface area (TPSA) is 97.7 Å². The van der Waals surface area contributed by atoms with Crippen molar-refractivity contribution in [2.75, 3.05) is 39.5 Å². The molecule has 0 aliphatic carbocycles. The number of carbonyl (C=O) groups excluding carboxylic acids is 1. The van der Waals surface area contributed by atoms with Crippen LogP contribution in [0.5, 0.6) is 0 Å². The van der Waals surface area contributed by atoms with E-state index in [2.05, 4.69) is 4.72 Å². The number of carbonyl (C=O) groups is 1. The maximum absolute atomic E-state index is 12.4. The van der Waals surface area contributed by atoms with Gasteiger partial charge in [-0.1, -0.05) is 6.07 Å². The zero-order valence-corrected chi connectivity index (χ0v) is 15.2. The van der Waals surface area contributed by atoms with E-state index in [0.29, 0.717) is 13.1 Å². The Morgan fingerprint density at radius 1 is 1.36 bits per heavy atom. The molecule has 2 aliphatic rings. The van der Waals surface area contributed by atoms with Crippen LogP contribution in [0.1, 0.15) is 24.1 Å². The molecule has 2 bridgehead atoms. The van der Waals surface area contributed by atoms with E-state index in [9.17, 15) is 18.0 Å². The molecule has 0 unspecified atom stereocenters. The normalized spacial score (nSPS) is 26.1. The number of nitrogens with zero attached hydrogens (tertiary/aromatic N) is 2. The van der Waals surface area contributed by atoms with Gasteiger partial charge in [0.15, 0.2) is 0 Å². The minimum absolute atomic E-state index is 0.0882. The van der Waals surface area contributed by atoms with Gasteiger partial charge < -0.3 is 9.30 Å². The fourth-order valence-electron chi connectivity index (χ4n) is 4.01. The lowest BCUT2D eigenvalue weighted by Crippen LogP contribution is -2.52.